The Labute approximate surface area is 491 Å². The Morgan fingerprint density at radius 2 is 0.593 bits per heavy atom. The minimum absolute atomic E-state index is 0.0853. The number of allylic oxidation sites excluding steroid dienone is 4. The van der Waals surface area contributed by atoms with Crippen molar-refractivity contribution in [1.82, 2.24) is 0 Å². The van der Waals surface area contributed by atoms with Crippen LogP contribution in [0.3, 0.4) is 0 Å². The van der Waals surface area contributed by atoms with Crippen molar-refractivity contribution in [3.8, 4) is 0 Å². The largest absolute Gasteiger partial charge is 0.472 e. The minimum atomic E-state index is -4.95. The molecule has 0 bridgehead atoms. The number of aliphatic hydroxyl groups excluding tert-OH is 1. The zero-order valence-electron chi connectivity index (χ0n) is 51.2. The van der Waals surface area contributed by atoms with E-state index in [9.17, 15) is 43.2 Å². The zero-order valence-corrected chi connectivity index (χ0v) is 53.0. The van der Waals surface area contributed by atoms with Crippen LogP contribution in [0.5, 0.6) is 0 Å². The second-order valence-electron chi connectivity index (χ2n) is 21.8. The molecule has 0 heterocycles. The van der Waals surface area contributed by atoms with Crippen LogP contribution in [-0.2, 0) is 65.4 Å². The van der Waals surface area contributed by atoms with Gasteiger partial charge in [-0.1, -0.05) is 238 Å². The van der Waals surface area contributed by atoms with Crippen molar-refractivity contribution >= 4 is 39.5 Å². The molecule has 81 heavy (non-hydrogen) atoms. The predicted molar refractivity (Wildman–Crippen MR) is 321 cm³/mol. The van der Waals surface area contributed by atoms with Crippen LogP contribution in [0.25, 0.3) is 0 Å². The van der Waals surface area contributed by atoms with Crippen molar-refractivity contribution in [3.05, 3.63) is 24.3 Å². The Morgan fingerprint density at radius 3 is 0.901 bits per heavy atom. The number of ether oxygens (including phenoxy) is 4. The topological polar surface area (TPSA) is 237 Å². The number of phosphoric acid groups is 2. The summed E-state index contributed by atoms with van der Waals surface area (Å²) in [5.74, 6) is -2.18. The highest BCUT2D eigenvalue weighted by atomic mass is 31.2. The Hall–Kier alpha value is -2.46. The van der Waals surface area contributed by atoms with Gasteiger partial charge in [0.1, 0.15) is 19.3 Å². The van der Waals surface area contributed by atoms with Gasteiger partial charge in [-0.15, -0.1) is 0 Å². The number of aliphatic hydroxyl groups is 1. The van der Waals surface area contributed by atoms with Gasteiger partial charge in [-0.05, 0) is 51.4 Å². The highest BCUT2D eigenvalue weighted by Gasteiger charge is 2.30. The average molecular weight is 1200 g/mol. The zero-order chi connectivity index (χ0) is 59.8. The van der Waals surface area contributed by atoms with Gasteiger partial charge in [0.2, 0.25) is 0 Å². The second kappa shape index (κ2) is 56.7. The molecule has 0 amide bonds. The van der Waals surface area contributed by atoms with Crippen LogP contribution in [0.15, 0.2) is 24.3 Å². The van der Waals surface area contributed by atoms with Crippen molar-refractivity contribution in [3.63, 3.8) is 0 Å². The summed E-state index contributed by atoms with van der Waals surface area (Å²) in [7, 11) is -9.88. The smallest absolute Gasteiger partial charge is 0.462 e. The minimum Gasteiger partial charge on any atom is -0.462 e. The maximum absolute atomic E-state index is 12.9. The number of carbonyl (C=O) groups excluding carboxylic acids is 4. The van der Waals surface area contributed by atoms with Crippen LogP contribution < -0.4 is 0 Å². The molecule has 0 saturated heterocycles. The van der Waals surface area contributed by atoms with Gasteiger partial charge in [-0.3, -0.25) is 37.3 Å². The fraction of sp³-hybridized carbons (Fsp3) is 0.871. The normalized spacial score (nSPS) is 14.4. The van der Waals surface area contributed by atoms with E-state index in [2.05, 4.69) is 52.0 Å². The monoisotopic (exact) mass is 1190 g/mol. The lowest BCUT2D eigenvalue weighted by atomic mass is 10.1. The summed E-state index contributed by atoms with van der Waals surface area (Å²) in [6.45, 7) is 4.71. The molecular weight excluding hydrogens is 1080 g/mol. The maximum Gasteiger partial charge on any atom is 0.472 e. The van der Waals surface area contributed by atoms with E-state index in [1.807, 2.05) is 0 Å². The first kappa shape index (κ1) is 78.5. The van der Waals surface area contributed by atoms with Gasteiger partial charge in [-0.2, -0.15) is 0 Å². The van der Waals surface area contributed by atoms with Crippen LogP contribution >= 0.6 is 15.6 Å². The average Bonchev–Trinajstić information content (AvgIpc) is 3.45. The van der Waals surface area contributed by atoms with Crippen LogP contribution in [0, 0.1) is 0 Å². The lowest BCUT2D eigenvalue weighted by molar-refractivity contribution is -0.161. The Balaban J connectivity index is 5.21. The molecule has 0 aliphatic heterocycles. The summed E-state index contributed by atoms with van der Waals surface area (Å²) < 4.78 is 67.6. The molecule has 0 fully saturated rings. The van der Waals surface area contributed by atoms with Crippen LogP contribution in [0.1, 0.15) is 291 Å². The number of hydrogen-bond donors (Lipinski definition) is 3. The molecule has 5 atom stereocenters. The number of esters is 4. The second-order valence-corrected chi connectivity index (χ2v) is 24.7. The molecule has 17 nitrogen and oxygen atoms in total. The Morgan fingerprint density at radius 1 is 0.346 bits per heavy atom. The molecule has 0 aromatic carbocycles. The van der Waals surface area contributed by atoms with E-state index in [0.717, 1.165) is 109 Å². The van der Waals surface area contributed by atoms with Crippen molar-refractivity contribution in [2.24, 2.45) is 0 Å². The van der Waals surface area contributed by atoms with Gasteiger partial charge in [0.15, 0.2) is 12.2 Å². The van der Waals surface area contributed by atoms with E-state index in [0.29, 0.717) is 25.7 Å². The van der Waals surface area contributed by atoms with E-state index in [-0.39, 0.29) is 25.7 Å². The summed E-state index contributed by atoms with van der Waals surface area (Å²) in [6.07, 6.45) is 44.2. The summed E-state index contributed by atoms with van der Waals surface area (Å²) in [4.78, 5) is 71.8. The molecule has 0 aliphatic rings. The molecule has 476 valence electrons. The van der Waals surface area contributed by atoms with E-state index in [4.69, 9.17) is 37.0 Å². The quantitative estimate of drug-likeness (QED) is 0.0169. The molecule has 0 rings (SSSR count). The van der Waals surface area contributed by atoms with Crippen molar-refractivity contribution in [2.45, 2.75) is 309 Å². The lowest BCUT2D eigenvalue weighted by Gasteiger charge is -2.21. The highest BCUT2D eigenvalue weighted by Crippen LogP contribution is 2.45. The summed E-state index contributed by atoms with van der Waals surface area (Å²) in [5, 5.41) is 10.5. The third kappa shape index (κ3) is 56.4. The molecule has 19 heteroatoms. The fourth-order valence-electron chi connectivity index (χ4n) is 8.74. The van der Waals surface area contributed by atoms with E-state index in [1.54, 1.807) is 0 Å². The predicted octanol–water partition coefficient (Wildman–Crippen LogP) is 16.7. The highest BCUT2D eigenvalue weighted by molar-refractivity contribution is 7.47. The third-order valence-electron chi connectivity index (χ3n) is 13.7. The van der Waals surface area contributed by atoms with E-state index >= 15 is 0 Å². The maximum atomic E-state index is 12.9. The number of rotatable bonds is 61. The van der Waals surface area contributed by atoms with Crippen molar-refractivity contribution in [2.75, 3.05) is 39.6 Å². The first-order valence-corrected chi connectivity index (χ1v) is 35.1. The number of phosphoric ester groups is 2. The van der Waals surface area contributed by atoms with Crippen molar-refractivity contribution in [1.29, 1.82) is 0 Å². The number of hydrogen-bond acceptors (Lipinski definition) is 15. The molecular formula is C62H116O17P2. The summed E-state index contributed by atoms with van der Waals surface area (Å²) >= 11 is 0. The first-order valence-electron chi connectivity index (χ1n) is 32.1. The SMILES string of the molecule is CCCCCC/C=C\C=C/CCCCCCCC(=O)O[C@H](COC(=O)CCCCCCCCCCCCC)COP(=O)(O)OC[C@@H](O)COP(=O)(O)OC[C@@H](COC(=O)CCCCCCC)OC(=O)CCCCCCCCCCCC. The molecule has 0 radical (unpaired) electrons. The van der Waals surface area contributed by atoms with Crippen LogP contribution in [0.4, 0.5) is 0 Å². The molecule has 0 spiro atoms. The van der Waals surface area contributed by atoms with Crippen LogP contribution in [-0.4, -0.2) is 96.7 Å². The van der Waals surface area contributed by atoms with Gasteiger partial charge < -0.3 is 33.8 Å². The standard InChI is InChI=1S/C62H116O17P2/c1-5-9-13-17-20-23-26-27-28-29-31-34-37-41-45-49-62(67)79-58(53-73-60(65)47-43-39-35-33-30-24-21-18-14-10-6-2)55-77-81(70,71)75-51-56(63)50-74-80(68,69)76-54-57(52-72-59(64)46-42-38-16-12-8-4)78-61(66)48-44-40-36-32-25-22-19-15-11-7-3/h23,26-28,56-58,63H,5-22,24-25,29-55H2,1-4H3,(H,68,69)(H,70,71)/b26-23-,28-27-/t56-,57+,58+/m0/s1. The molecule has 3 N–H and O–H groups in total. The van der Waals surface area contributed by atoms with Crippen LogP contribution in [0.2, 0.25) is 0 Å². The number of carbonyl (C=O) groups is 4. The van der Waals surface area contributed by atoms with Gasteiger partial charge in [0.25, 0.3) is 0 Å². The van der Waals surface area contributed by atoms with Gasteiger partial charge in [0, 0.05) is 25.7 Å². The lowest BCUT2D eigenvalue weighted by Crippen LogP contribution is -2.30. The molecule has 0 aromatic rings. The Kier molecular flexibility index (Phi) is 54.9. The first-order chi connectivity index (χ1) is 39.2. The summed E-state index contributed by atoms with van der Waals surface area (Å²) in [5.41, 5.74) is 0. The number of unbranched alkanes of at least 4 members (excludes halogenated alkanes) is 32. The van der Waals surface area contributed by atoms with Gasteiger partial charge >= 0.3 is 39.5 Å². The fourth-order valence-corrected chi connectivity index (χ4v) is 10.3. The van der Waals surface area contributed by atoms with Gasteiger partial charge in [0.05, 0.1) is 26.4 Å². The van der Waals surface area contributed by atoms with Crippen molar-refractivity contribution < 1.29 is 80.2 Å². The molecule has 0 aliphatic carbocycles. The summed E-state index contributed by atoms with van der Waals surface area (Å²) in [6, 6.07) is 0. The molecule has 0 saturated carbocycles. The van der Waals surface area contributed by atoms with E-state index < -0.39 is 97.5 Å². The molecule has 0 aromatic heterocycles. The van der Waals surface area contributed by atoms with E-state index in [1.165, 1.54) is 103 Å². The molecule has 2 unspecified atom stereocenters. The Bertz CT molecular complexity index is 1660. The van der Waals surface area contributed by atoms with Gasteiger partial charge in [-0.25, -0.2) is 9.13 Å². The third-order valence-corrected chi connectivity index (χ3v) is 15.6.